The highest BCUT2D eigenvalue weighted by Gasteiger charge is 2.27. The summed E-state index contributed by atoms with van der Waals surface area (Å²) < 4.78 is 33.7. The van der Waals surface area contributed by atoms with Crippen LogP contribution in [0.1, 0.15) is 34.9 Å². The molecule has 0 saturated carbocycles. The molecule has 0 aliphatic carbocycles. The van der Waals surface area contributed by atoms with Gasteiger partial charge < -0.3 is 4.74 Å². The average molecular weight is 465 g/mol. The minimum absolute atomic E-state index is 0.00680. The number of esters is 1. The summed E-state index contributed by atoms with van der Waals surface area (Å²) in [4.78, 5) is 17.1. The SMILES string of the molecule is Cc1cc(C)c(C)c(S(=O)(=O)NC(C)C(=O)OCc2csc(-c3ccsc3)n2)c1C. The van der Waals surface area contributed by atoms with Crippen molar-refractivity contribution in [3.05, 3.63) is 56.2 Å². The molecule has 30 heavy (non-hydrogen) atoms. The third kappa shape index (κ3) is 4.80. The van der Waals surface area contributed by atoms with Crippen LogP contribution in [0.4, 0.5) is 0 Å². The molecule has 0 saturated heterocycles. The molecule has 1 unspecified atom stereocenters. The second-order valence-electron chi connectivity index (χ2n) is 7.20. The van der Waals surface area contributed by atoms with Gasteiger partial charge in [-0.1, -0.05) is 6.07 Å². The number of ether oxygens (including phenoxy) is 1. The summed E-state index contributed by atoms with van der Waals surface area (Å²) in [6.07, 6.45) is 0. The van der Waals surface area contributed by atoms with E-state index >= 15 is 0 Å². The van der Waals surface area contributed by atoms with Gasteiger partial charge in [0, 0.05) is 16.3 Å². The Bertz CT molecular complexity index is 1140. The number of hydrogen-bond acceptors (Lipinski definition) is 7. The topological polar surface area (TPSA) is 85.4 Å². The first-order chi connectivity index (χ1) is 14.1. The zero-order valence-corrected chi connectivity index (χ0v) is 19.9. The Morgan fingerprint density at radius 3 is 2.43 bits per heavy atom. The van der Waals surface area contributed by atoms with E-state index in [9.17, 15) is 13.2 Å². The molecule has 0 aliphatic rings. The van der Waals surface area contributed by atoms with Gasteiger partial charge in [0.15, 0.2) is 0 Å². The van der Waals surface area contributed by atoms with Crippen LogP contribution < -0.4 is 4.72 Å². The number of nitrogens with one attached hydrogen (secondary N) is 1. The first kappa shape index (κ1) is 22.6. The summed E-state index contributed by atoms with van der Waals surface area (Å²) in [6, 6.07) is 2.91. The van der Waals surface area contributed by atoms with E-state index in [1.165, 1.54) is 18.3 Å². The Morgan fingerprint density at radius 2 is 1.83 bits per heavy atom. The van der Waals surface area contributed by atoms with Crippen molar-refractivity contribution >= 4 is 38.7 Å². The number of thiazole rings is 1. The maximum atomic E-state index is 13.0. The number of aromatic nitrogens is 1. The number of hydrogen-bond donors (Lipinski definition) is 1. The number of rotatable bonds is 7. The Morgan fingerprint density at radius 1 is 1.17 bits per heavy atom. The second-order valence-corrected chi connectivity index (χ2v) is 10.5. The molecule has 3 aromatic rings. The van der Waals surface area contributed by atoms with Crippen molar-refractivity contribution in [3.63, 3.8) is 0 Å². The van der Waals surface area contributed by atoms with Gasteiger partial charge in [-0.05, 0) is 68.3 Å². The molecule has 1 aromatic carbocycles. The van der Waals surface area contributed by atoms with Crippen molar-refractivity contribution in [3.8, 4) is 10.6 Å². The summed E-state index contributed by atoms with van der Waals surface area (Å²) in [5, 5.41) is 6.67. The molecule has 0 spiro atoms. The van der Waals surface area contributed by atoms with Crippen LogP contribution in [-0.2, 0) is 26.2 Å². The van der Waals surface area contributed by atoms with E-state index in [2.05, 4.69) is 9.71 Å². The van der Waals surface area contributed by atoms with Gasteiger partial charge in [-0.15, -0.1) is 11.3 Å². The fourth-order valence-electron chi connectivity index (χ4n) is 3.09. The lowest BCUT2D eigenvalue weighted by atomic mass is 10.0. The largest absolute Gasteiger partial charge is 0.458 e. The standard InChI is InChI=1S/C21H24N2O4S3/c1-12-8-13(2)15(4)19(14(12)3)30(25,26)23-16(5)21(24)27-9-18-11-29-20(22-18)17-6-7-28-10-17/h6-8,10-11,16,23H,9H2,1-5H3. The molecule has 0 aliphatic heterocycles. The molecule has 2 aromatic heterocycles. The number of carbonyl (C=O) groups excluding carboxylic acids is 1. The van der Waals surface area contributed by atoms with Gasteiger partial charge in [-0.2, -0.15) is 16.1 Å². The summed E-state index contributed by atoms with van der Waals surface area (Å²) in [5.41, 5.74) is 4.79. The van der Waals surface area contributed by atoms with Crippen LogP contribution >= 0.6 is 22.7 Å². The number of sulfonamides is 1. The van der Waals surface area contributed by atoms with Gasteiger partial charge in [-0.25, -0.2) is 13.4 Å². The number of nitrogens with zero attached hydrogens (tertiary/aromatic N) is 1. The first-order valence-corrected chi connectivity index (χ1v) is 12.6. The Hall–Kier alpha value is -2.07. The van der Waals surface area contributed by atoms with Gasteiger partial charge >= 0.3 is 5.97 Å². The molecular formula is C21H24N2O4S3. The summed E-state index contributed by atoms with van der Waals surface area (Å²) >= 11 is 3.06. The molecule has 0 bridgehead atoms. The number of carbonyl (C=O) groups is 1. The highest BCUT2D eigenvalue weighted by molar-refractivity contribution is 7.89. The molecule has 1 N–H and O–H groups in total. The third-order valence-corrected chi connectivity index (χ3v) is 8.37. The molecule has 1 atom stereocenters. The maximum absolute atomic E-state index is 13.0. The van der Waals surface area contributed by atoms with E-state index in [1.807, 2.05) is 42.1 Å². The van der Waals surface area contributed by atoms with Gasteiger partial charge in [0.2, 0.25) is 10.0 Å². The quantitative estimate of drug-likeness (QED) is 0.520. The molecule has 160 valence electrons. The van der Waals surface area contributed by atoms with E-state index in [1.54, 1.807) is 25.2 Å². The lowest BCUT2D eigenvalue weighted by Crippen LogP contribution is -2.40. The van der Waals surface area contributed by atoms with Crippen molar-refractivity contribution in [1.82, 2.24) is 9.71 Å². The van der Waals surface area contributed by atoms with Crippen molar-refractivity contribution in [1.29, 1.82) is 0 Å². The zero-order valence-electron chi connectivity index (χ0n) is 17.5. The van der Waals surface area contributed by atoms with Crippen LogP contribution in [-0.4, -0.2) is 25.4 Å². The Kier molecular flexibility index (Phi) is 6.76. The van der Waals surface area contributed by atoms with E-state index in [0.29, 0.717) is 16.8 Å². The molecule has 9 heteroatoms. The first-order valence-electron chi connectivity index (χ1n) is 9.33. The van der Waals surface area contributed by atoms with E-state index in [-0.39, 0.29) is 11.5 Å². The van der Waals surface area contributed by atoms with Gasteiger partial charge in [0.25, 0.3) is 0 Å². The molecule has 3 rings (SSSR count). The molecule has 0 amide bonds. The predicted octanol–water partition coefficient (Wildman–Crippen LogP) is 4.52. The fraction of sp³-hybridized carbons (Fsp3) is 0.333. The lowest BCUT2D eigenvalue weighted by Gasteiger charge is -2.18. The number of aryl methyl sites for hydroxylation is 2. The zero-order chi connectivity index (χ0) is 22.1. The van der Waals surface area contributed by atoms with Gasteiger partial charge in [0.1, 0.15) is 17.7 Å². The third-order valence-electron chi connectivity index (χ3n) is 4.93. The van der Waals surface area contributed by atoms with E-state index in [0.717, 1.165) is 21.7 Å². The molecule has 6 nitrogen and oxygen atoms in total. The summed E-state index contributed by atoms with van der Waals surface area (Å²) in [7, 11) is -3.88. The molecule has 2 heterocycles. The van der Waals surface area contributed by atoms with Crippen LogP contribution in [0.3, 0.4) is 0 Å². The number of thiophene rings is 1. The Balaban J connectivity index is 1.67. The second kappa shape index (κ2) is 8.97. The van der Waals surface area contributed by atoms with Crippen LogP contribution in [0.2, 0.25) is 0 Å². The molecule has 0 fully saturated rings. The average Bonchev–Trinajstić information content (AvgIpc) is 3.35. The highest BCUT2D eigenvalue weighted by atomic mass is 32.2. The van der Waals surface area contributed by atoms with Gasteiger partial charge in [-0.3, -0.25) is 4.79 Å². The normalized spacial score (nSPS) is 12.7. The Labute approximate surface area is 185 Å². The van der Waals surface area contributed by atoms with Crippen molar-refractivity contribution in [2.45, 2.75) is 52.2 Å². The maximum Gasteiger partial charge on any atom is 0.324 e. The van der Waals surface area contributed by atoms with Crippen molar-refractivity contribution in [2.75, 3.05) is 0 Å². The summed E-state index contributed by atoms with van der Waals surface area (Å²) in [5.74, 6) is -0.650. The van der Waals surface area contributed by atoms with Crippen molar-refractivity contribution in [2.24, 2.45) is 0 Å². The van der Waals surface area contributed by atoms with Crippen LogP contribution in [0.5, 0.6) is 0 Å². The van der Waals surface area contributed by atoms with E-state index < -0.39 is 22.0 Å². The molecule has 0 radical (unpaired) electrons. The van der Waals surface area contributed by atoms with Crippen LogP contribution in [0.25, 0.3) is 10.6 Å². The lowest BCUT2D eigenvalue weighted by molar-refractivity contribution is -0.146. The fourth-order valence-corrected chi connectivity index (χ4v) is 6.41. The monoisotopic (exact) mass is 464 g/mol. The van der Waals surface area contributed by atoms with Crippen LogP contribution in [0, 0.1) is 27.7 Å². The highest BCUT2D eigenvalue weighted by Crippen LogP contribution is 2.27. The van der Waals surface area contributed by atoms with Crippen LogP contribution in [0.15, 0.2) is 33.2 Å². The van der Waals surface area contributed by atoms with Gasteiger partial charge in [0.05, 0.1) is 10.6 Å². The predicted molar refractivity (Wildman–Crippen MR) is 120 cm³/mol. The van der Waals surface area contributed by atoms with E-state index in [4.69, 9.17) is 4.74 Å². The van der Waals surface area contributed by atoms with Crippen molar-refractivity contribution < 1.29 is 17.9 Å². The number of benzene rings is 1. The minimum atomic E-state index is -3.88. The molecular weight excluding hydrogens is 440 g/mol. The summed E-state index contributed by atoms with van der Waals surface area (Å²) in [6.45, 7) is 8.75. The minimum Gasteiger partial charge on any atom is -0.458 e. The smallest absolute Gasteiger partial charge is 0.324 e.